The van der Waals surface area contributed by atoms with Gasteiger partial charge in [-0.05, 0) is 29.8 Å². The van der Waals surface area contributed by atoms with Gasteiger partial charge in [-0.25, -0.2) is 4.39 Å². The Kier molecular flexibility index (Phi) is 3.29. The molecule has 2 nitrogen and oxygen atoms in total. The van der Waals surface area contributed by atoms with Crippen LogP contribution in [0.4, 0.5) is 4.39 Å². The number of ether oxygens (including phenoxy) is 1. The van der Waals surface area contributed by atoms with Crippen molar-refractivity contribution in [1.82, 2.24) is 4.57 Å². The maximum absolute atomic E-state index is 13.1. The second-order valence-corrected chi connectivity index (χ2v) is 4.45. The lowest BCUT2D eigenvalue weighted by Crippen LogP contribution is -2.01. The molecule has 2 aromatic carbocycles. The molecule has 19 heavy (non-hydrogen) atoms. The van der Waals surface area contributed by atoms with E-state index in [0.29, 0.717) is 13.3 Å². The fourth-order valence-corrected chi connectivity index (χ4v) is 2.12. The monoisotopic (exact) mass is 255 g/mol. The first-order valence-corrected chi connectivity index (χ1v) is 6.19. The average molecular weight is 255 g/mol. The van der Waals surface area contributed by atoms with Crippen molar-refractivity contribution in [3.05, 3.63) is 72.2 Å². The maximum Gasteiger partial charge on any atom is 0.123 e. The lowest BCUT2D eigenvalue weighted by Gasteiger charge is -2.07. The first-order chi connectivity index (χ1) is 9.33. The lowest BCUT2D eigenvalue weighted by molar-refractivity contribution is 0.0668. The van der Waals surface area contributed by atoms with Crippen molar-refractivity contribution in [2.24, 2.45) is 0 Å². The summed E-state index contributed by atoms with van der Waals surface area (Å²) in [5.74, 6) is -0.213. The zero-order chi connectivity index (χ0) is 13.1. The smallest absolute Gasteiger partial charge is 0.123 e. The summed E-state index contributed by atoms with van der Waals surface area (Å²) in [7, 11) is 0. The van der Waals surface area contributed by atoms with Crippen LogP contribution in [-0.2, 0) is 18.1 Å². The van der Waals surface area contributed by atoms with Gasteiger partial charge < -0.3 is 9.30 Å². The summed E-state index contributed by atoms with van der Waals surface area (Å²) in [5, 5.41) is 0.892. The predicted molar refractivity (Wildman–Crippen MR) is 73.1 cm³/mol. The summed E-state index contributed by atoms with van der Waals surface area (Å²) in [5.41, 5.74) is 2.12. The molecule has 0 aliphatic rings. The van der Waals surface area contributed by atoms with Crippen molar-refractivity contribution in [2.75, 3.05) is 0 Å². The molecule has 96 valence electrons. The van der Waals surface area contributed by atoms with Crippen molar-refractivity contribution in [3.8, 4) is 0 Å². The zero-order valence-corrected chi connectivity index (χ0v) is 10.4. The zero-order valence-electron chi connectivity index (χ0n) is 10.4. The SMILES string of the molecule is Fc1ccc2c(ccn2COCc2ccccc2)c1. The van der Waals surface area contributed by atoms with Gasteiger partial charge in [0.05, 0.1) is 12.1 Å². The molecule has 0 amide bonds. The van der Waals surface area contributed by atoms with E-state index in [1.54, 1.807) is 6.07 Å². The number of fused-ring (bicyclic) bond motifs is 1. The van der Waals surface area contributed by atoms with Gasteiger partial charge in [-0.15, -0.1) is 0 Å². The molecule has 0 atom stereocenters. The quantitative estimate of drug-likeness (QED) is 0.688. The topological polar surface area (TPSA) is 14.2 Å². The molecule has 0 fully saturated rings. The van der Waals surface area contributed by atoms with E-state index >= 15 is 0 Å². The summed E-state index contributed by atoms with van der Waals surface area (Å²) in [6.07, 6.45) is 1.91. The highest BCUT2D eigenvalue weighted by atomic mass is 19.1. The van der Waals surface area contributed by atoms with Crippen LogP contribution in [0.15, 0.2) is 60.8 Å². The third-order valence-electron chi connectivity index (χ3n) is 3.07. The standard InChI is InChI=1S/C16H14FNO/c17-15-6-7-16-14(10-15)8-9-18(16)12-19-11-13-4-2-1-3-5-13/h1-10H,11-12H2. The molecule has 0 N–H and O–H groups in total. The number of hydrogen-bond acceptors (Lipinski definition) is 1. The highest BCUT2D eigenvalue weighted by Crippen LogP contribution is 2.17. The molecule has 0 unspecified atom stereocenters. The van der Waals surface area contributed by atoms with Crippen molar-refractivity contribution < 1.29 is 9.13 Å². The third-order valence-corrected chi connectivity index (χ3v) is 3.07. The molecule has 1 heterocycles. The van der Waals surface area contributed by atoms with Crippen LogP contribution in [0.3, 0.4) is 0 Å². The summed E-state index contributed by atoms with van der Waals surface area (Å²) >= 11 is 0. The third kappa shape index (κ3) is 2.66. The number of aromatic nitrogens is 1. The molecular formula is C16H14FNO. The molecule has 3 heteroatoms. The van der Waals surface area contributed by atoms with E-state index in [4.69, 9.17) is 4.74 Å². The van der Waals surface area contributed by atoms with E-state index in [2.05, 4.69) is 0 Å². The van der Waals surface area contributed by atoms with E-state index in [0.717, 1.165) is 16.5 Å². The number of halogens is 1. The fourth-order valence-electron chi connectivity index (χ4n) is 2.12. The fraction of sp³-hybridized carbons (Fsp3) is 0.125. The van der Waals surface area contributed by atoms with E-state index in [1.807, 2.05) is 47.2 Å². The molecule has 0 saturated heterocycles. The molecule has 3 rings (SSSR count). The molecule has 3 aromatic rings. The first-order valence-electron chi connectivity index (χ1n) is 6.19. The van der Waals surface area contributed by atoms with Gasteiger partial charge in [-0.2, -0.15) is 0 Å². The molecule has 1 aromatic heterocycles. The van der Waals surface area contributed by atoms with Crippen LogP contribution in [0.25, 0.3) is 10.9 Å². The van der Waals surface area contributed by atoms with Gasteiger partial charge in [0.1, 0.15) is 12.5 Å². The van der Waals surface area contributed by atoms with Gasteiger partial charge in [-0.1, -0.05) is 30.3 Å². The Bertz CT molecular complexity index is 676. The van der Waals surface area contributed by atoms with Crippen LogP contribution in [0, 0.1) is 5.82 Å². The van der Waals surface area contributed by atoms with E-state index < -0.39 is 0 Å². The Balaban J connectivity index is 1.69. The first kappa shape index (κ1) is 11.9. The Hall–Kier alpha value is -2.13. The van der Waals surface area contributed by atoms with E-state index in [1.165, 1.54) is 12.1 Å². The summed E-state index contributed by atoms with van der Waals surface area (Å²) in [6.45, 7) is 1.03. The van der Waals surface area contributed by atoms with Crippen molar-refractivity contribution in [1.29, 1.82) is 0 Å². The molecular weight excluding hydrogens is 241 g/mol. The summed E-state index contributed by atoms with van der Waals surface area (Å²) in [6, 6.07) is 16.7. The van der Waals surface area contributed by atoms with Crippen LogP contribution in [0.5, 0.6) is 0 Å². The van der Waals surface area contributed by atoms with Crippen molar-refractivity contribution in [3.63, 3.8) is 0 Å². The van der Waals surface area contributed by atoms with Gasteiger partial charge in [0, 0.05) is 11.6 Å². The Morgan fingerprint density at radius 1 is 1.00 bits per heavy atom. The van der Waals surface area contributed by atoms with Crippen molar-refractivity contribution in [2.45, 2.75) is 13.3 Å². The maximum atomic E-state index is 13.1. The summed E-state index contributed by atoms with van der Waals surface area (Å²) < 4.78 is 20.7. The van der Waals surface area contributed by atoms with Gasteiger partial charge in [0.25, 0.3) is 0 Å². The van der Waals surface area contributed by atoms with E-state index in [9.17, 15) is 4.39 Å². The molecule has 0 bridgehead atoms. The number of benzene rings is 2. The van der Waals surface area contributed by atoms with Gasteiger partial charge >= 0.3 is 0 Å². The number of hydrogen-bond donors (Lipinski definition) is 0. The molecule has 0 spiro atoms. The second-order valence-electron chi connectivity index (χ2n) is 4.45. The Labute approximate surface area is 111 Å². The van der Waals surface area contributed by atoms with Crippen molar-refractivity contribution >= 4 is 10.9 Å². The largest absolute Gasteiger partial charge is 0.356 e. The molecule has 0 saturated carbocycles. The Morgan fingerprint density at radius 3 is 2.68 bits per heavy atom. The minimum Gasteiger partial charge on any atom is -0.356 e. The van der Waals surface area contributed by atoms with E-state index in [-0.39, 0.29) is 5.82 Å². The second kappa shape index (κ2) is 5.24. The van der Waals surface area contributed by atoms with Gasteiger partial charge in [0.15, 0.2) is 0 Å². The van der Waals surface area contributed by atoms with Crippen LogP contribution in [0.2, 0.25) is 0 Å². The number of nitrogens with zero attached hydrogens (tertiary/aromatic N) is 1. The van der Waals surface area contributed by atoms with Crippen LogP contribution in [0.1, 0.15) is 5.56 Å². The molecule has 0 aliphatic heterocycles. The van der Waals surface area contributed by atoms with Gasteiger partial charge in [-0.3, -0.25) is 0 Å². The van der Waals surface area contributed by atoms with Crippen LogP contribution < -0.4 is 0 Å². The summed E-state index contributed by atoms with van der Waals surface area (Å²) in [4.78, 5) is 0. The molecule has 0 radical (unpaired) electrons. The minimum absolute atomic E-state index is 0.213. The van der Waals surface area contributed by atoms with Crippen LogP contribution >= 0.6 is 0 Å². The van der Waals surface area contributed by atoms with Crippen LogP contribution in [-0.4, -0.2) is 4.57 Å². The molecule has 0 aliphatic carbocycles. The lowest BCUT2D eigenvalue weighted by atomic mass is 10.2. The average Bonchev–Trinajstić information content (AvgIpc) is 2.82. The predicted octanol–water partition coefficient (Wildman–Crippen LogP) is 3.95. The van der Waals surface area contributed by atoms with Gasteiger partial charge in [0.2, 0.25) is 0 Å². The minimum atomic E-state index is -0.213. The highest BCUT2D eigenvalue weighted by Gasteiger charge is 2.02. The normalized spacial score (nSPS) is 11.0. The Morgan fingerprint density at radius 2 is 1.84 bits per heavy atom. The highest BCUT2D eigenvalue weighted by molar-refractivity contribution is 5.80. The number of rotatable bonds is 4.